The highest BCUT2D eigenvalue weighted by Gasteiger charge is 2.24. The van der Waals surface area contributed by atoms with Crippen LogP contribution < -0.4 is 16.3 Å². The molecular formula is C31H22ClN7O2. The maximum absolute atomic E-state index is 14.6. The summed E-state index contributed by atoms with van der Waals surface area (Å²) in [4.78, 5) is 38.8. The molecule has 0 bridgehead atoms. The first-order valence-electron chi connectivity index (χ1n) is 13.0. The topological polar surface area (TPSA) is 121 Å². The van der Waals surface area contributed by atoms with Gasteiger partial charge in [0.2, 0.25) is 0 Å². The molecule has 9 nitrogen and oxygen atoms in total. The van der Waals surface area contributed by atoms with Gasteiger partial charge in [0, 0.05) is 34.3 Å². The van der Waals surface area contributed by atoms with Crippen molar-refractivity contribution < 1.29 is 0 Å². The van der Waals surface area contributed by atoms with Crippen molar-refractivity contribution in [3.63, 3.8) is 0 Å². The van der Waals surface area contributed by atoms with Crippen LogP contribution in [-0.2, 0) is 0 Å². The van der Waals surface area contributed by atoms with Crippen molar-refractivity contribution in [2.45, 2.75) is 13.0 Å². The van der Waals surface area contributed by atoms with Crippen LogP contribution in [0.3, 0.4) is 0 Å². The van der Waals surface area contributed by atoms with Crippen molar-refractivity contribution in [2.24, 2.45) is 0 Å². The molecule has 0 radical (unpaired) electrons. The number of H-pyrrole nitrogens is 2. The SMILES string of the molecule is C[C@H](Nc1ncnc2[nH]ccc(=O)c12)c1c(Cl)c2cccc(-c3cccc4cn[nH]c34)c2c(=O)n1-c1ccccc1. The first-order chi connectivity index (χ1) is 20.0. The van der Waals surface area contributed by atoms with Gasteiger partial charge in [-0.3, -0.25) is 19.3 Å². The van der Waals surface area contributed by atoms with Crippen LogP contribution in [0.15, 0.2) is 101 Å². The van der Waals surface area contributed by atoms with Gasteiger partial charge in [0.05, 0.1) is 33.9 Å². The highest BCUT2D eigenvalue weighted by molar-refractivity contribution is 6.36. The van der Waals surface area contributed by atoms with Crippen molar-refractivity contribution in [1.29, 1.82) is 0 Å². The molecule has 0 amide bonds. The summed E-state index contributed by atoms with van der Waals surface area (Å²) in [6.45, 7) is 1.88. The number of benzene rings is 3. The lowest BCUT2D eigenvalue weighted by molar-refractivity contribution is 0.774. The van der Waals surface area contributed by atoms with Crippen LogP contribution in [0.5, 0.6) is 0 Å². The first kappa shape index (κ1) is 24.7. The second kappa shape index (κ2) is 9.72. The molecule has 7 aromatic rings. The lowest BCUT2D eigenvalue weighted by atomic mass is 9.96. The minimum absolute atomic E-state index is 0.225. The quantitative estimate of drug-likeness (QED) is 0.238. The summed E-state index contributed by atoms with van der Waals surface area (Å²) in [5.74, 6) is 0.340. The summed E-state index contributed by atoms with van der Waals surface area (Å²) < 4.78 is 1.63. The number of nitrogens with one attached hydrogen (secondary N) is 3. The van der Waals surface area contributed by atoms with Gasteiger partial charge in [-0.1, -0.05) is 66.2 Å². The molecule has 200 valence electrons. The zero-order chi connectivity index (χ0) is 28.1. The van der Waals surface area contributed by atoms with Gasteiger partial charge in [-0.15, -0.1) is 0 Å². The van der Waals surface area contributed by atoms with E-state index in [0.717, 1.165) is 22.0 Å². The second-order valence-electron chi connectivity index (χ2n) is 9.70. The molecule has 0 saturated carbocycles. The van der Waals surface area contributed by atoms with Gasteiger partial charge in [-0.25, -0.2) is 9.97 Å². The summed E-state index contributed by atoms with van der Waals surface area (Å²) in [5, 5.41) is 13.4. The number of aromatic amines is 2. The van der Waals surface area contributed by atoms with E-state index in [-0.39, 0.29) is 11.0 Å². The van der Waals surface area contributed by atoms with Gasteiger partial charge in [0.15, 0.2) is 5.43 Å². The Kier molecular flexibility index (Phi) is 5.87. The normalized spacial score (nSPS) is 12.2. The van der Waals surface area contributed by atoms with Gasteiger partial charge in [0.25, 0.3) is 5.56 Å². The van der Waals surface area contributed by atoms with Crippen molar-refractivity contribution in [3.8, 4) is 16.8 Å². The van der Waals surface area contributed by atoms with Crippen LogP contribution in [0, 0.1) is 0 Å². The van der Waals surface area contributed by atoms with Crippen LogP contribution in [0.1, 0.15) is 18.7 Å². The van der Waals surface area contributed by atoms with Gasteiger partial charge in [-0.05, 0) is 24.6 Å². The zero-order valence-corrected chi connectivity index (χ0v) is 22.5. The number of aromatic nitrogens is 6. The molecule has 4 heterocycles. The number of fused-ring (bicyclic) bond motifs is 3. The Balaban J connectivity index is 1.51. The fraction of sp³-hybridized carbons (Fsp3) is 0.0645. The maximum Gasteiger partial charge on any atom is 0.263 e. The molecule has 0 unspecified atom stereocenters. The third-order valence-corrected chi connectivity index (χ3v) is 7.67. The molecule has 0 aliphatic carbocycles. The Morgan fingerprint density at radius 1 is 0.902 bits per heavy atom. The number of nitrogens with zero attached hydrogens (tertiary/aromatic N) is 4. The molecule has 7 rings (SSSR count). The van der Waals surface area contributed by atoms with E-state index in [0.29, 0.717) is 44.0 Å². The highest BCUT2D eigenvalue weighted by Crippen LogP contribution is 2.38. The number of hydrogen-bond donors (Lipinski definition) is 3. The highest BCUT2D eigenvalue weighted by atomic mass is 35.5. The van der Waals surface area contributed by atoms with Crippen LogP contribution in [0.2, 0.25) is 5.02 Å². The predicted octanol–water partition coefficient (Wildman–Crippen LogP) is 5.99. The molecular weight excluding hydrogens is 538 g/mol. The third-order valence-electron chi connectivity index (χ3n) is 7.28. The second-order valence-corrected chi connectivity index (χ2v) is 10.1. The molecule has 41 heavy (non-hydrogen) atoms. The molecule has 0 spiro atoms. The number of para-hydroxylation sites is 2. The first-order valence-corrected chi connectivity index (χ1v) is 13.3. The Labute approximate surface area is 237 Å². The predicted molar refractivity (Wildman–Crippen MR) is 162 cm³/mol. The third kappa shape index (κ3) is 3.97. The summed E-state index contributed by atoms with van der Waals surface area (Å²) >= 11 is 7.22. The van der Waals surface area contributed by atoms with Crippen molar-refractivity contribution in [1.82, 2.24) is 29.7 Å². The van der Waals surface area contributed by atoms with Gasteiger partial charge < -0.3 is 10.3 Å². The molecule has 3 N–H and O–H groups in total. The van der Waals surface area contributed by atoms with Crippen molar-refractivity contribution in [2.75, 3.05) is 5.32 Å². The molecule has 0 fully saturated rings. The number of halogens is 1. The lowest BCUT2D eigenvalue weighted by Gasteiger charge is -2.24. The average Bonchev–Trinajstić information content (AvgIpc) is 3.48. The van der Waals surface area contributed by atoms with Gasteiger partial charge in [0.1, 0.15) is 23.2 Å². The Morgan fingerprint density at radius 3 is 2.56 bits per heavy atom. The summed E-state index contributed by atoms with van der Waals surface area (Å²) in [7, 11) is 0. The fourth-order valence-corrected chi connectivity index (χ4v) is 5.85. The number of hydrogen-bond acceptors (Lipinski definition) is 6. The lowest BCUT2D eigenvalue weighted by Crippen LogP contribution is -2.27. The number of pyridine rings is 2. The Bertz CT molecular complexity index is 2220. The van der Waals surface area contributed by atoms with Crippen LogP contribution in [-0.4, -0.2) is 29.7 Å². The summed E-state index contributed by atoms with van der Waals surface area (Å²) in [5.41, 5.74) is 3.58. The average molecular weight is 560 g/mol. The zero-order valence-electron chi connectivity index (χ0n) is 21.7. The molecule has 0 saturated heterocycles. The van der Waals surface area contributed by atoms with Crippen LogP contribution in [0.25, 0.3) is 49.5 Å². The van der Waals surface area contributed by atoms with E-state index < -0.39 is 6.04 Å². The van der Waals surface area contributed by atoms with E-state index in [2.05, 4.69) is 30.5 Å². The van der Waals surface area contributed by atoms with E-state index in [1.165, 1.54) is 12.4 Å². The number of rotatable bonds is 5. The molecule has 10 heteroatoms. The molecule has 3 aromatic carbocycles. The molecule has 1 atom stereocenters. The number of anilines is 1. The Hall–Kier alpha value is -5.28. The maximum atomic E-state index is 14.6. The molecule has 0 aliphatic heterocycles. The van der Waals surface area contributed by atoms with E-state index in [4.69, 9.17) is 11.6 Å². The fourth-order valence-electron chi connectivity index (χ4n) is 5.45. The van der Waals surface area contributed by atoms with E-state index in [9.17, 15) is 9.59 Å². The smallest absolute Gasteiger partial charge is 0.263 e. The summed E-state index contributed by atoms with van der Waals surface area (Å²) in [6.07, 6.45) is 4.67. The van der Waals surface area contributed by atoms with E-state index in [1.54, 1.807) is 17.0 Å². The van der Waals surface area contributed by atoms with Crippen LogP contribution >= 0.6 is 11.6 Å². The summed E-state index contributed by atoms with van der Waals surface area (Å²) in [6, 6.07) is 21.8. The van der Waals surface area contributed by atoms with E-state index in [1.807, 2.05) is 73.7 Å². The monoisotopic (exact) mass is 559 g/mol. The van der Waals surface area contributed by atoms with Crippen molar-refractivity contribution >= 4 is 50.1 Å². The Morgan fingerprint density at radius 2 is 1.71 bits per heavy atom. The molecule has 0 aliphatic rings. The minimum Gasteiger partial charge on any atom is -0.361 e. The standard InChI is InChI=1S/C31H22ClN7O2/c1-17(37-30-25-23(40)13-14-33-29(25)34-16-35-30)28-26(32)22-12-6-10-20(21-11-5-7-18-15-36-38-27(18)21)24(22)31(41)39(28)19-8-3-2-4-9-19/h2-17H,1H3,(H,36,38)(H2,33,34,35,37,40)/t17-/m0/s1. The van der Waals surface area contributed by atoms with Crippen molar-refractivity contribution in [3.05, 3.63) is 123 Å². The largest absolute Gasteiger partial charge is 0.361 e. The van der Waals surface area contributed by atoms with E-state index >= 15 is 0 Å². The van der Waals surface area contributed by atoms with Gasteiger partial charge in [-0.2, -0.15) is 5.10 Å². The molecule has 4 aromatic heterocycles. The van der Waals surface area contributed by atoms with Gasteiger partial charge >= 0.3 is 0 Å². The van der Waals surface area contributed by atoms with Crippen LogP contribution in [0.4, 0.5) is 5.82 Å². The minimum atomic E-state index is -0.530.